The van der Waals surface area contributed by atoms with Crippen LogP contribution in [0.1, 0.15) is 15.9 Å². The van der Waals surface area contributed by atoms with E-state index < -0.39 is 32.3 Å². The Balaban J connectivity index is 2.57. The molecule has 0 bridgehead atoms. The lowest BCUT2D eigenvalue weighted by Crippen LogP contribution is -2.15. The van der Waals surface area contributed by atoms with Gasteiger partial charge in [0.15, 0.2) is 11.5 Å². The molecule has 134 valence electrons. The molecule has 0 saturated heterocycles. The average Bonchev–Trinajstić information content (AvgIpc) is 2.56. The first-order chi connectivity index (χ1) is 11.7. The second-order valence-corrected chi connectivity index (χ2v) is 6.78. The summed E-state index contributed by atoms with van der Waals surface area (Å²) in [7, 11) is -1.78. The molecular weight excluding hydrogens is 353 g/mol. The molecule has 0 aliphatic rings. The number of methoxy groups -OCH3 is 2. The molecule has 2 aromatic rings. The molecule has 25 heavy (non-hydrogen) atoms. The van der Waals surface area contributed by atoms with Crippen LogP contribution in [0.15, 0.2) is 35.2 Å². The van der Waals surface area contributed by atoms with Gasteiger partial charge in [0.1, 0.15) is 11.4 Å². The minimum atomic E-state index is -4.26. The first kappa shape index (κ1) is 18.5. The summed E-state index contributed by atoms with van der Waals surface area (Å²) < 4.78 is 51.0. The van der Waals surface area contributed by atoms with E-state index in [4.69, 9.17) is 9.47 Å². The molecule has 2 N–H and O–H groups in total. The summed E-state index contributed by atoms with van der Waals surface area (Å²) in [5.74, 6) is -2.34. The maximum absolute atomic E-state index is 13.8. The minimum absolute atomic E-state index is 0.0764. The molecule has 0 unspecified atom stereocenters. The van der Waals surface area contributed by atoms with Gasteiger partial charge in [-0.3, -0.25) is 4.72 Å². The minimum Gasteiger partial charge on any atom is -0.493 e. The molecule has 0 aromatic heterocycles. The van der Waals surface area contributed by atoms with E-state index in [9.17, 15) is 22.7 Å². The molecule has 0 heterocycles. The van der Waals surface area contributed by atoms with Crippen molar-refractivity contribution in [3.05, 3.63) is 47.3 Å². The molecule has 2 rings (SSSR count). The first-order valence-electron chi connectivity index (χ1n) is 6.98. The summed E-state index contributed by atoms with van der Waals surface area (Å²) in [4.78, 5) is 11.0. The lowest BCUT2D eigenvalue weighted by Gasteiger charge is -2.14. The van der Waals surface area contributed by atoms with Gasteiger partial charge in [-0.15, -0.1) is 0 Å². The molecule has 0 saturated carbocycles. The molecule has 9 heteroatoms. The summed E-state index contributed by atoms with van der Waals surface area (Å²) >= 11 is 0. The van der Waals surface area contributed by atoms with Gasteiger partial charge in [-0.1, -0.05) is 6.07 Å². The van der Waals surface area contributed by atoms with Gasteiger partial charge in [0.05, 0.1) is 24.8 Å². The molecular formula is C16H16FNO6S. The Hall–Kier alpha value is -2.81. The van der Waals surface area contributed by atoms with Crippen LogP contribution in [-0.4, -0.2) is 33.7 Å². The van der Waals surface area contributed by atoms with Crippen LogP contribution in [-0.2, 0) is 10.0 Å². The van der Waals surface area contributed by atoms with E-state index in [2.05, 4.69) is 4.72 Å². The third kappa shape index (κ3) is 3.82. The van der Waals surface area contributed by atoms with Crippen molar-refractivity contribution in [2.75, 3.05) is 18.9 Å². The van der Waals surface area contributed by atoms with Crippen molar-refractivity contribution in [3.8, 4) is 11.5 Å². The summed E-state index contributed by atoms with van der Waals surface area (Å²) in [5.41, 5.74) is 0.0104. The SMILES string of the molecule is COc1cc(S(=O)(=O)Nc2cc(C)ccc2F)cc(C(=O)O)c1OC. The smallest absolute Gasteiger partial charge is 0.339 e. The topological polar surface area (TPSA) is 102 Å². The van der Waals surface area contributed by atoms with Gasteiger partial charge in [0.2, 0.25) is 0 Å². The number of hydrogen-bond acceptors (Lipinski definition) is 5. The highest BCUT2D eigenvalue weighted by molar-refractivity contribution is 7.92. The Labute approximate surface area is 144 Å². The Kier molecular flexibility index (Phi) is 5.17. The number of ether oxygens (including phenoxy) is 2. The number of carboxylic acids is 1. The molecule has 0 radical (unpaired) electrons. The van der Waals surface area contributed by atoms with Crippen LogP contribution in [0.4, 0.5) is 10.1 Å². The van der Waals surface area contributed by atoms with Crippen LogP contribution in [0, 0.1) is 12.7 Å². The molecule has 2 aromatic carbocycles. The Morgan fingerprint density at radius 3 is 2.40 bits per heavy atom. The van der Waals surface area contributed by atoms with Crippen LogP contribution >= 0.6 is 0 Å². The average molecular weight is 369 g/mol. The number of halogens is 1. The van der Waals surface area contributed by atoms with E-state index in [1.807, 2.05) is 0 Å². The van der Waals surface area contributed by atoms with Gasteiger partial charge in [-0.05, 0) is 30.7 Å². The zero-order valence-corrected chi connectivity index (χ0v) is 14.5. The van der Waals surface area contributed by atoms with Crippen molar-refractivity contribution in [2.45, 2.75) is 11.8 Å². The number of sulfonamides is 1. The van der Waals surface area contributed by atoms with E-state index in [-0.39, 0.29) is 17.2 Å². The number of carboxylic acid groups (broad SMARTS) is 1. The normalized spacial score (nSPS) is 11.0. The number of aryl methyl sites for hydroxylation is 1. The molecule has 7 nitrogen and oxygen atoms in total. The lowest BCUT2D eigenvalue weighted by molar-refractivity contribution is 0.0692. The predicted octanol–water partition coefficient (Wildman–Crippen LogP) is 2.65. The summed E-state index contributed by atoms with van der Waals surface area (Å²) in [6.07, 6.45) is 0. The zero-order valence-electron chi connectivity index (χ0n) is 13.7. The highest BCUT2D eigenvalue weighted by Gasteiger charge is 2.24. The van der Waals surface area contributed by atoms with Gasteiger partial charge >= 0.3 is 5.97 Å². The van der Waals surface area contributed by atoms with Gasteiger partial charge in [-0.25, -0.2) is 17.6 Å². The Bertz CT molecular complexity index is 926. The zero-order chi connectivity index (χ0) is 18.8. The Morgan fingerprint density at radius 1 is 1.16 bits per heavy atom. The van der Waals surface area contributed by atoms with E-state index >= 15 is 0 Å². The largest absolute Gasteiger partial charge is 0.493 e. The standard InChI is InChI=1S/C16H16FNO6S/c1-9-4-5-12(17)13(6-9)18-25(21,22)10-7-11(16(19)20)15(24-3)14(8-10)23-2/h4-8,18H,1-3H3,(H,19,20). The Morgan fingerprint density at radius 2 is 1.84 bits per heavy atom. The molecule has 0 amide bonds. The van der Waals surface area contributed by atoms with Crippen LogP contribution in [0.25, 0.3) is 0 Å². The van der Waals surface area contributed by atoms with E-state index in [1.165, 1.54) is 26.4 Å². The monoisotopic (exact) mass is 369 g/mol. The predicted molar refractivity (Wildman–Crippen MR) is 88.5 cm³/mol. The number of benzene rings is 2. The van der Waals surface area contributed by atoms with Crippen molar-refractivity contribution < 1.29 is 32.2 Å². The molecule has 0 aliphatic heterocycles. The first-order valence-corrected chi connectivity index (χ1v) is 8.46. The quantitative estimate of drug-likeness (QED) is 0.812. The summed E-state index contributed by atoms with van der Waals surface area (Å²) in [5, 5.41) is 9.27. The van der Waals surface area contributed by atoms with Crippen LogP contribution in [0.2, 0.25) is 0 Å². The number of carbonyl (C=O) groups is 1. The van der Waals surface area contributed by atoms with Crippen molar-refractivity contribution in [1.82, 2.24) is 0 Å². The van der Waals surface area contributed by atoms with Crippen LogP contribution in [0.3, 0.4) is 0 Å². The highest BCUT2D eigenvalue weighted by Crippen LogP contribution is 2.35. The van der Waals surface area contributed by atoms with Crippen molar-refractivity contribution in [2.24, 2.45) is 0 Å². The number of hydrogen-bond donors (Lipinski definition) is 2. The summed E-state index contributed by atoms with van der Waals surface area (Å²) in [6, 6.07) is 5.96. The molecule has 0 fully saturated rings. The van der Waals surface area contributed by atoms with Gasteiger partial charge in [0, 0.05) is 6.07 Å². The summed E-state index contributed by atoms with van der Waals surface area (Å²) in [6.45, 7) is 1.68. The van der Waals surface area contributed by atoms with E-state index in [1.54, 1.807) is 6.92 Å². The third-order valence-electron chi connectivity index (χ3n) is 3.36. The van der Waals surface area contributed by atoms with Gasteiger partial charge in [0.25, 0.3) is 10.0 Å². The fourth-order valence-electron chi connectivity index (χ4n) is 2.17. The lowest BCUT2D eigenvalue weighted by atomic mass is 10.2. The van der Waals surface area contributed by atoms with Crippen molar-refractivity contribution >= 4 is 21.7 Å². The number of rotatable bonds is 6. The van der Waals surface area contributed by atoms with Crippen molar-refractivity contribution in [1.29, 1.82) is 0 Å². The van der Waals surface area contributed by atoms with Crippen LogP contribution in [0.5, 0.6) is 11.5 Å². The number of anilines is 1. The van der Waals surface area contributed by atoms with Gasteiger partial charge < -0.3 is 14.6 Å². The fourth-order valence-corrected chi connectivity index (χ4v) is 3.27. The molecule has 0 atom stereocenters. The van der Waals surface area contributed by atoms with Crippen molar-refractivity contribution in [3.63, 3.8) is 0 Å². The van der Waals surface area contributed by atoms with Gasteiger partial charge in [-0.2, -0.15) is 0 Å². The van der Waals surface area contributed by atoms with E-state index in [0.29, 0.717) is 5.56 Å². The maximum Gasteiger partial charge on any atom is 0.339 e. The molecule has 0 aliphatic carbocycles. The van der Waals surface area contributed by atoms with Crippen LogP contribution < -0.4 is 14.2 Å². The fraction of sp³-hybridized carbons (Fsp3) is 0.188. The highest BCUT2D eigenvalue weighted by atomic mass is 32.2. The number of nitrogens with one attached hydrogen (secondary N) is 1. The second-order valence-electron chi connectivity index (χ2n) is 5.10. The molecule has 0 spiro atoms. The number of aromatic carboxylic acids is 1. The maximum atomic E-state index is 13.8. The third-order valence-corrected chi connectivity index (χ3v) is 4.70. The second kappa shape index (κ2) is 6.98. The van der Waals surface area contributed by atoms with E-state index in [0.717, 1.165) is 18.2 Å².